The van der Waals surface area contributed by atoms with E-state index in [9.17, 15) is 4.79 Å². The number of methoxy groups -OCH3 is 1. The van der Waals surface area contributed by atoms with E-state index < -0.39 is 0 Å². The smallest absolute Gasteiger partial charge is 0.163 e. The molecule has 0 saturated carbocycles. The number of nitrogens with one attached hydrogen (secondary N) is 2. The number of Topliss-reactive ketones (excluding diaryl/α,β-unsaturated/α-hetero) is 1. The van der Waals surface area contributed by atoms with Crippen molar-refractivity contribution in [3.63, 3.8) is 0 Å². The third-order valence-electron chi connectivity index (χ3n) is 6.31. The summed E-state index contributed by atoms with van der Waals surface area (Å²) in [6, 6.07) is 24.5. The Morgan fingerprint density at radius 3 is 2.23 bits per heavy atom. The Balaban J connectivity index is 1.58. The Kier molecular flexibility index (Phi) is 4.99. The van der Waals surface area contributed by atoms with E-state index in [1.54, 1.807) is 7.11 Å². The van der Waals surface area contributed by atoms with E-state index in [2.05, 4.69) is 54.0 Å². The molecular weight excluding hydrogens is 384 g/mol. The molecule has 0 spiro atoms. The Labute approximate surface area is 183 Å². The van der Waals surface area contributed by atoms with Crippen LogP contribution in [0.15, 0.2) is 84.1 Å². The van der Waals surface area contributed by atoms with Crippen LogP contribution in [0.3, 0.4) is 0 Å². The molecule has 2 aliphatic rings. The van der Waals surface area contributed by atoms with Crippen molar-refractivity contribution in [3.8, 4) is 5.75 Å². The number of hydrogen-bond acceptors (Lipinski definition) is 4. The van der Waals surface area contributed by atoms with Crippen LogP contribution in [0.1, 0.15) is 41.5 Å². The van der Waals surface area contributed by atoms with Crippen molar-refractivity contribution >= 4 is 17.2 Å². The van der Waals surface area contributed by atoms with E-state index in [1.165, 1.54) is 11.1 Å². The molecule has 1 heterocycles. The maximum absolute atomic E-state index is 13.5. The number of rotatable bonds is 3. The van der Waals surface area contributed by atoms with Crippen LogP contribution in [0.4, 0.5) is 11.4 Å². The number of anilines is 2. The minimum Gasteiger partial charge on any atom is -0.497 e. The minimum atomic E-state index is -0.205. The Morgan fingerprint density at radius 2 is 1.52 bits per heavy atom. The SMILES string of the molecule is COc1ccc(C2Nc3ccccc3NC3=C2C(=O)CC(c2ccc(C)cc2)C3)cc1. The number of carbonyl (C=O) groups excluding carboxylic acids is 1. The molecule has 2 N–H and O–H groups in total. The number of ketones is 1. The molecule has 3 aromatic rings. The van der Waals surface area contributed by atoms with Crippen molar-refractivity contribution in [1.82, 2.24) is 0 Å². The van der Waals surface area contributed by atoms with Gasteiger partial charge in [-0.25, -0.2) is 0 Å². The first kappa shape index (κ1) is 19.4. The van der Waals surface area contributed by atoms with E-state index in [4.69, 9.17) is 4.74 Å². The molecule has 0 bridgehead atoms. The Morgan fingerprint density at radius 1 is 0.839 bits per heavy atom. The topological polar surface area (TPSA) is 50.4 Å². The van der Waals surface area contributed by atoms with Gasteiger partial charge in [-0.05, 0) is 54.7 Å². The first-order valence-corrected chi connectivity index (χ1v) is 10.7. The lowest BCUT2D eigenvalue weighted by Gasteiger charge is -2.30. The molecule has 0 radical (unpaired) electrons. The van der Waals surface area contributed by atoms with Gasteiger partial charge in [0.15, 0.2) is 5.78 Å². The van der Waals surface area contributed by atoms with Gasteiger partial charge in [0.25, 0.3) is 0 Å². The second-order valence-electron chi connectivity index (χ2n) is 8.35. The number of para-hydroxylation sites is 2. The van der Waals surface area contributed by atoms with E-state index in [0.29, 0.717) is 6.42 Å². The van der Waals surface area contributed by atoms with Gasteiger partial charge in [0.05, 0.1) is 24.5 Å². The van der Waals surface area contributed by atoms with Crippen LogP contribution in [-0.2, 0) is 4.79 Å². The van der Waals surface area contributed by atoms with Gasteiger partial charge >= 0.3 is 0 Å². The van der Waals surface area contributed by atoms with Crippen LogP contribution >= 0.6 is 0 Å². The highest BCUT2D eigenvalue weighted by Gasteiger charge is 2.36. The monoisotopic (exact) mass is 410 g/mol. The highest BCUT2D eigenvalue weighted by atomic mass is 16.5. The maximum atomic E-state index is 13.5. The predicted molar refractivity (Wildman–Crippen MR) is 125 cm³/mol. The number of allylic oxidation sites excluding steroid dienone is 1. The number of aryl methyl sites for hydroxylation is 1. The molecule has 0 fully saturated rings. The zero-order valence-corrected chi connectivity index (χ0v) is 17.8. The van der Waals surface area contributed by atoms with Crippen molar-refractivity contribution in [1.29, 1.82) is 0 Å². The van der Waals surface area contributed by atoms with Crippen molar-refractivity contribution < 1.29 is 9.53 Å². The standard InChI is InChI=1S/C27H26N2O2/c1-17-7-9-18(10-8-17)20-15-24-26(25(30)16-20)27(19-11-13-21(31-2)14-12-19)29-23-6-4-3-5-22(23)28-24/h3-14,20,27-29H,15-16H2,1-2H3. The first-order chi connectivity index (χ1) is 15.1. The minimum absolute atomic E-state index is 0.182. The molecule has 1 aliphatic heterocycles. The zero-order chi connectivity index (χ0) is 21.4. The van der Waals surface area contributed by atoms with Gasteiger partial charge in [-0.3, -0.25) is 4.79 Å². The summed E-state index contributed by atoms with van der Waals surface area (Å²) in [5.41, 5.74) is 7.36. The average molecular weight is 411 g/mol. The molecule has 0 amide bonds. The second-order valence-corrected chi connectivity index (χ2v) is 8.35. The van der Waals surface area contributed by atoms with E-state index >= 15 is 0 Å². The average Bonchev–Trinajstić information content (AvgIpc) is 2.96. The summed E-state index contributed by atoms with van der Waals surface area (Å²) < 4.78 is 5.32. The Bertz CT molecular complexity index is 1150. The summed E-state index contributed by atoms with van der Waals surface area (Å²) in [5, 5.41) is 7.22. The summed E-state index contributed by atoms with van der Waals surface area (Å²) in [7, 11) is 1.66. The largest absolute Gasteiger partial charge is 0.497 e. The normalized spacial score (nSPS) is 20.1. The van der Waals surface area contributed by atoms with Crippen LogP contribution in [0.25, 0.3) is 0 Å². The summed E-state index contributed by atoms with van der Waals surface area (Å²) in [6.45, 7) is 2.09. The third kappa shape index (κ3) is 3.70. The van der Waals surface area contributed by atoms with Gasteiger partial charge in [-0.15, -0.1) is 0 Å². The number of hydrogen-bond donors (Lipinski definition) is 2. The zero-order valence-electron chi connectivity index (χ0n) is 17.8. The molecule has 3 aromatic carbocycles. The fourth-order valence-corrected chi connectivity index (χ4v) is 4.61. The van der Waals surface area contributed by atoms with Gasteiger partial charge in [0.2, 0.25) is 0 Å². The van der Waals surface area contributed by atoms with Crippen LogP contribution in [0, 0.1) is 6.92 Å². The number of benzene rings is 3. The fourth-order valence-electron chi connectivity index (χ4n) is 4.61. The fraction of sp³-hybridized carbons (Fsp3) is 0.222. The van der Waals surface area contributed by atoms with Crippen LogP contribution in [0.2, 0.25) is 0 Å². The van der Waals surface area contributed by atoms with E-state index in [1.807, 2.05) is 36.4 Å². The molecule has 4 heteroatoms. The summed E-state index contributed by atoms with van der Waals surface area (Å²) in [4.78, 5) is 13.5. The number of fused-ring (bicyclic) bond motifs is 1. The molecule has 2 atom stereocenters. The highest BCUT2D eigenvalue weighted by Crippen LogP contribution is 2.44. The first-order valence-electron chi connectivity index (χ1n) is 10.7. The van der Waals surface area contributed by atoms with E-state index in [0.717, 1.165) is 40.4 Å². The van der Waals surface area contributed by atoms with Crippen LogP contribution in [0.5, 0.6) is 5.75 Å². The second kappa shape index (κ2) is 7.95. The predicted octanol–water partition coefficient (Wildman–Crippen LogP) is 5.98. The van der Waals surface area contributed by atoms with Gasteiger partial charge in [0, 0.05) is 17.7 Å². The summed E-state index contributed by atoms with van der Waals surface area (Å²) in [5.74, 6) is 1.18. The highest BCUT2D eigenvalue weighted by molar-refractivity contribution is 6.01. The molecule has 1 aliphatic carbocycles. The summed E-state index contributed by atoms with van der Waals surface area (Å²) >= 11 is 0. The molecule has 0 aromatic heterocycles. The number of ether oxygens (including phenoxy) is 1. The van der Waals surface area contributed by atoms with Gasteiger partial charge < -0.3 is 15.4 Å². The molecular formula is C27H26N2O2. The number of carbonyl (C=O) groups is 1. The third-order valence-corrected chi connectivity index (χ3v) is 6.31. The lowest BCUT2D eigenvalue weighted by molar-refractivity contribution is -0.116. The quantitative estimate of drug-likeness (QED) is 0.557. The molecule has 31 heavy (non-hydrogen) atoms. The van der Waals surface area contributed by atoms with E-state index in [-0.39, 0.29) is 17.7 Å². The molecule has 156 valence electrons. The van der Waals surface area contributed by atoms with Crippen molar-refractivity contribution in [2.45, 2.75) is 31.7 Å². The molecule has 0 saturated heterocycles. The lowest BCUT2D eigenvalue weighted by atomic mass is 9.78. The lowest BCUT2D eigenvalue weighted by Crippen LogP contribution is -2.26. The van der Waals surface area contributed by atoms with Gasteiger partial charge in [-0.1, -0.05) is 54.1 Å². The van der Waals surface area contributed by atoms with Crippen LogP contribution < -0.4 is 15.4 Å². The van der Waals surface area contributed by atoms with Gasteiger partial charge in [0.1, 0.15) is 5.75 Å². The molecule has 4 nitrogen and oxygen atoms in total. The summed E-state index contributed by atoms with van der Waals surface area (Å²) in [6.07, 6.45) is 1.33. The van der Waals surface area contributed by atoms with Crippen molar-refractivity contribution in [2.24, 2.45) is 0 Å². The van der Waals surface area contributed by atoms with Crippen molar-refractivity contribution in [2.75, 3.05) is 17.7 Å². The molecule has 5 rings (SSSR count). The van der Waals surface area contributed by atoms with Gasteiger partial charge in [-0.2, -0.15) is 0 Å². The maximum Gasteiger partial charge on any atom is 0.163 e. The van der Waals surface area contributed by atoms with Crippen molar-refractivity contribution in [3.05, 3.63) is 101 Å². The Hall–Kier alpha value is -3.53. The van der Waals surface area contributed by atoms with Crippen LogP contribution in [-0.4, -0.2) is 12.9 Å². The molecule has 2 unspecified atom stereocenters.